The van der Waals surface area contributed by atoms with E-state index in [-0.39, 0.29) is 12.4 Å². The maximum absolute atomic E-state index is 10.9. The lowest BCUT2D eigenvalue weighted by atomic mass is 10.5. The highest BCUT2D eigenvalue weighted by Gasteiger charge is 2.00. The predicted molar refractivity (Wildman–Crippen MR) is 45.6 cm³/mol. The minimum absolute atomic E-state index is 0.267. The third kappa shape index (κ3) is 1.76. The zero-order valence-electron chi connectivity index (χ0n) is 7.08. The molecule has 0 fully saturated rings. The van der Waals surface area contributed by atoms with Gasteiger partial charge in [0.15, 0.2) is 0 Å². The second-order valence-corrected chi connectivity index (χ2v) is 2.64. The Morgan fingerprint density at radius 2 is 2.43 bits per heavy atom. The van der Waals surface area contributed by atoms with Crippen LogP contribution in [0.2, 0.25) is 0 Å². The number of rotatable bonds is 2. The Balaban J connectivity index is 2.29. The first-order valence-electron chi connectivity index (χ1n) is 3.85. The Morgan fingerprint density at radius 3 is 3.07 bits per heavy atom. The molecule has 7 nitrogen and oxygen atoms in total. The van der Waals surface area contributed by atoms with Crippen molar-refractivity contribution in [2.45, 2.75) is 6.54 Å². The molecule has 0 unspecified atom stereocenters. The van der Waals surface area contributed by atoms with Gasteiger partial charge in [-0.05, 0) is 0 Å². The summed E-state index contributed by atoms with van der Waals surface area (Å²) in [5.41, 5.74) is -0.396. The largest absolute Gasteiger partial charge is 0.493 e. The summed E-state index contributed by atoms with van der Waals surface area (Å²) in [5, 5.41) is 12.9. The van der Waals surface area contributed by atoms with Crippen molar-refractivity contribution in [3.05, 3.63) is 34.9 Å². The second-order valence-electron chi connectivity index (χ2n) is 2.64. The maximum Gasteiger partial charge on any atom is 0.254 e. The molecule has 0 radical (unpaired) electrons. The Morgan fingerprint density at radius 1 is 1.57 bits per heavy atom. The van der Waals surface area contributed by atoms with E-state index in [1.165, 1.54) is 17.3 Å². The summed E-state index contributed by atoms with van der Waals surface area (Å²) in [7, 11) is 0. The summed E-state index contributed by atoms with van der Waals surface area (Å²) in [6.07, 6.45) is 2.87. The van der Waals surface area contributed by atoms with E-state index in [9.17, 15) is 4.79 Å². The standard InChI is InChI=1S/C7H7N5O2/c13-6-1-7(14)11-5(10-6)2-12-4-8-3-9-12/h1,3-4H,2H2,(H2,10,11,13,14). The molecule has 0 spiro atoms. The first-order chi connectivity index (χ1) is 6.74. The summed E-state index contributed by atoms with van der Waals surface area (Å²) in [5.74, 6) is 0.0318. The van der Waals surface area contributed by atoms with Crippen LogP contribution in [0.1, 0.15) is 5.82 Å². The van der Waals surface area contributed by atoms with Gasteiger partial charge in [-0.15, -0.1) is 0 Å². The Labute approximate surface area is 78.1 Å². The fourth-order valence-corrected chi connectivity index (χ4v) is 1.04. The second kappa shape index (κ2) is 3.29. The summed E-state index contributed by atoms with van der Waals surface area (Å²) in [6, 6.07) is 1.00. The van der Waals surface area contributed by atoms with Crippen molar-refractivity contribution in [2.75, 3.05) is 0 Å². The molecule has 0 aliphatic rings. The van der Waals surface area contributed by atoms with Gasteiger partial charge in [0.1, 0.15) is 25.0 Å². The van der Waals surface area contributed by atoms with Crippen molar-refractivity contribution in [1.82, 2.24) is 24.7 Å². The number of hydrogen-bond acceptors (Lipinski definition) is 5. The van der Waals surface area contributed by atoms with E-state index < -0.39 is 5.56 Å². The number of nitrogens with one attached hydrogen (secondary N) is 1. The molecule has 7 heteroatoms. The SMILES string of the molecule is O=c1cc(O)nc(Cn2cncn2)[nH]1. The summed E-state index contributed by atoms with van der Waals surface area (Å²) in [6.45, 7) is 0.267. The number of hydrogen-bond donors (Lipinski definition) is 2. The van der Waals surface area contributed by atoms with Gasteiger partial charge < -0.3 is 10.1 Å². The van der Waals surface area contributed by atoms with Gasteiger partial charge in [0, 0.05) is 0 Å². The highest BCUT2D eigenvalue weighted by Crippen LogP contribution is 1.98. The summed E-state index contributed by atoms with van der Waals surface area (Å²) in [4.78, 5) is 20.9. The zero-order valence-corrected chi connectivity index (χ0v) is 7.08. The van der Waals surface area contributed by atoms with E-state index in [1.54, 1.807) is 0 Å². The van der Waals surface area contributed by atoms with Gasteiger partial charge in [-0.25, -0.2) is 9.67 Å². The van der Waals surface area contributed by atoms with Gasteiger partial charge in [0.25, 0.3) is 5.56 Å². The highest BCUT2D eigenvalue weighted by atomic mass is 16.3. The molecule has 0 bridgehead atoms. The van der Waals surface area contributed by atoms with Gasteiger partial charge in [-0.3, -0.25) is 4.79 Å². The van der Waals surface area contributed by atoms with Crippen LogP contribution in [0.5, 0.6) is 5.88 Å². The molecule has 2 aromatic rings. The van der Waals surface area contributed by atoms with Crippen LogP contribution in [0.15, 0.2) is 23.5 Å². The molecule has 72 valence electrons. The van der Waals surface area contributed by atoms with E-state index in [4.69, 9.17) is 5.11 Å². The summed E-state index contributed by atoms with van der Waals surface area (Å²) < 4.78 is 1.48. The van der Waals surface area contributed by atoms with E-state index in [2.05, 4.69) is 20.1 Å². The quantitative estimate of drug-likeness (QED) is 0.645. The average molecular weight is 193 g/mol. The molecule has 14 heavy (non-hydrogen) atoms. The Bertz CT molecular complexity index is 475. The van der Waals surface area contributed by atoms with Crippen LogP contribution in [0, 0.1) is 0 Å². The third-order valence-corrected chi connectivity index (χ3v) is 1.56. The molecule has 2 aromatic heterocycles. The van der Waals surface area contributed by atoms with E-state index in [1.807, 2.05) is 0 Å². The molecule has 0 amide bonds. The van der Waals surface area contributed by atoms with Crippen LogP contribution < -0.4 is 5.56 Å². The first-order valence-corrected chi connectivity index (χ1v) is 3.85. The molecule has 0 saturated heterocycles. The van der Waals surface area contributed by atoms with Crippen molar-refractivity contribution in [3.63, 3.8) is 0 Å². The van der Waals surface area contributed by atoms with Crippen LogP contribution in [0.4, 0.5) is 0 Å². The van der Waals surface area contributed by atoms with Gasteiger partial charge in [-0.1, -0.05) is 0 Å². The van der Waals surface area contributed by atoms with Crippen molar-refractivity contribution in [2.24, 2.45) is 0 Å². The lowest BCUT2D eigenvalue weighted by molar-refractivity contribution is 0.445. The molecule has 2 heterocycles. The van der Waals surface area contributed by atoms with Crippen LogP contribution in [0.3, 0.4) is 0 Å². The Hall–Kier alpha value is -2.18. The van der Waals surface area contributed by atoms with E-state index in [0.717, 1.165) is 6.07 Å². The number of aromatic nitrogens is 5. The predicted octanol–water partition coefficient (Wildman–Crippen LogP) is -0.885. The fraction of sp³-hybridized carbons (Fsp3) is 0.143. The minimum Gasteiger partial charge on any atom is -0.493 e. The highest BCUT2D eigenvalue weighted by molar-refractivity contribution is 5.06. The number of H-pyrrole nitrogens is 1. The molecule has 0 aliphatic heterocycles. The summed E-state index contributed by atoms with van der Waals surface area (Å²) >= 11 is 0. The van der Waals surface area contributed by atoms with E-state index >= 15 is 0 Å². The van der Waals surface area contributed by atoms with Crippen LogP contribution in [-0.2, 0) is 6.54 Å². The molecule has 2 N–H and O–H groups in total. The van der Waals surface area contributed by atoms with Crippen molar-refractivity contribution >= 4 is 0 Å². The third-order valence-electron chi connectivity index (χ3n) is 1.56. The first kappa shape index (κ1) is 8.42. The van der Waals surface area contributed by atoms with E-state index in [0.29, 0.717) is 5.82 Å². The van der Waals surface area contributed by atoms with Crippen LogP contribution in [0.25, 0.3) is 0 Å². The minimum atomic E-state index is -0.396. The lowest BCUT2D eigenvalue weighted by Crippen LogP contribution is -2.12. The van der Waals surface area contributed by atoms with Crippen LogP contribution in [-0.4, -0.2) is 29.8 Å². The van der Waals surface area contributed by atoms with Gasteiger partial charge in [0.2, 0.25) is 5.88 Å². The van der Waals surface area contributed by atoms with Crippen molar-refractivity contribution < 1.29 is 5.11 Å². The topological polar surface area (TPSA) is 96.7 Å². The smallest absolute Gasteiger partial charge is 0.254 e. The molecule has 0 aromatic carbocycles. The van der Waals surface area contributed by atoms with Gasteiger partial charge in [0.05, 0.1) is 6.07 Å². The zero-order chi connectivity index (χ0) is 9.97. The van der Waals surface area contributed by atoms with Crippen LogP contribution >= 0.6 is 0 Å². The average Bonchev–Trinajstić information content (AvgIpc) is 2.54. The van der Waals surface area contributed by atoms with Crippen molar-refractivity contribution in [3.8, 4) is 5.88 Å². The number of nitrogens with zero attached hydrogens (tertiary/aromatic N) is 4. The lowest BCUT2D eigenvalue weighted by Gasteiger charge is -1.99. The molecule has 2 rings (SSSR count). The molecule has 0 atom stereocenters. The normalized spacial score (nSPS) is 10.3. The van der Waals surface area contributed by atoms with Gasteiger partial charge in [-0.2, -0.15) is 10.1 Å². The fourth-order valence-electron chi connectivity index (χ4n) is 1.04. The molecular weight excluding hydrogens is 186 g/mol. The Kier molecular flexibility index (Phi) is 1.98. The monoisotopic (exact) mass is 193 g/mol. The maximum atomic E-state index is 10.9. The molecule has 0 aliphatic carbocycles. The molecule has 0 saturated carbocycles. The number of aromatic hydroxyl groups is 1. The number of aromatic amines is 1. The molecular formula is C7H7N5O2. The van der Waals surface area contributed by atoms with Crippen molar-refractivity contribution in [1.29, 1.82) is 0 Å². The van der Waals surface area contributed by atoms with Gasteiger partial charge >= 0.3 is 0 Å².